The molecule has 2 N–H and O–H groups in total. The zero-order chi connectivity index (χ0) is 18.7. The maximum Gasteiger partial charge on any atom is 0.234 e. The summed E-state index contributed by atoms with van der Waals surface area (Å²) in [6.45, 7) is 5.21. The Morgan fingerprint density at radius 3 is 2.58 bits per heavy atom. The van der Waals surface area contributed by atoms with Gasteiger partial charge in [0.25, 0.3) is 0 Å². The summed E-state index contributed by atoms with van der Waals surface area (Å²) in [5.41, 5.74) is 2.82. The smallest absolute Gasteiger partial charge is 0.234 e. The van der Waals surface area contributed by atoms with Gasteiger partial charge in [0.15, 0.2) is 10.8 Å². The molecule has 2 heterocycles. The topological polar surface area (TPSA) is 101 Å². The molecule has 8 nitrogen and oxygen atoms in total. The SMILES string of the molecule is CC(=O)Nc1cccc(NC(=O)CSc2nnc3cc(C)nc(C)n23)c1. The van der Waals surface area contributed by atoms with Gasteiger partial charge < -0.3 is 10.6 Å². The summed E-state index contributed by atoms with van der Waals surface area (Å²) in [7, 11) is 0. The molecule has 0 spiro atoms. The van der Waals surface area contributed by atoms with Crippen molar-refractivity contribution in [1.29, 1.82) is 0 Å². The number of anilines is 2. The van der Waals surface area contributed by atoms with Gasteiger partial charge in [0, 0.05) is 30.1 Å². The molecule has 2 aromatic heterocycles. The van der Waals surface area contributed by atoms with Crippen molar-refractivity contribution in [2.75, 3.05) is 16.4 Å². The van der Waals surface area contributed by atoms with Crippen LogP contribution >= 0.6 is 11.8 Å². The number of aryl methyl sites for hydroxylation is 2. The molecule has 0 unspecified atom stereocenters. The second-order valence-electron chi connectivity index (χ2n) is 5.72. The molecule has 3 aromatic rings. The lowest BCUT2D eigenvalue weighted by Gasteiger charge is -2.08. The van der Waals surface area contributed by atoms with Crippen LogP contribution in [0.5, 0.6) is 0 Å². The number of nitrogens with one attached hydrogen (secondary N) is 2. The molecule has 0 saturated heterocycles. The molecular weight excluding hydrogens is 352 g/mol. The van der Waals surface area contributed by atoms with Crippen LogP contribution in [-0.4, -0.2) is 37.1 Å². The number of carbonyl (C=O) groups is 2. The third kappa shape index (κ3) is 4.17. The largest absolute Gasteiger partial charge is 0.326 e. The predicted molar refractivity (Wildman–Crippen MR) is 100 cm³/mol. The number of thioether (sulfide) groups is 1. The summed E-state index contributed by atoms with van der Waals surface area (Å²) in [5, 5.41) is 14.4. The van der Waals surface area contributed by atoms with E-state index in [4.69, 9.17) is 0 Å². The van der Waals surface area contributed by atoms with Crippen LogP contribution < -0.4 is 10.6 Å². The first kappa shape index (κ1) is 17.9. The van der Waals surface area contributed by atoms with Crippen molar-refractivity contribution in [3.63, 3.8) is 0 Å². The Bertz CT molecular complexity index is 985. The van der Waals surface area contributed by atoms with Crippen LogP contribution in [0.2, 0.25) is 0 Å². The number of hydrogen-bond acceptors (Lipinski definition) is 6. The van der Waals surface area contributed by atoms with Crippen LogP contribution in [-0.2, 0) is 9.59 Å². The average Bonchev–Trinajstić information content (AvgIpc) is 2.95. The molecule has 9 heteroatoms. The molecule has 134 valence electrons. The molecule has 3 rings (SSSR count). The van der Waals surface area contributed by atoms with Gasteiger partial charge in [-0.3, -0.25) is 14.0 Å². The van der Waals surface area contributed by atoms with Crippen molar-refractivity contribution in [3.05, 3.63) is 41.9 Å². The summed E-state index contributed by atoms with van der Waals surface area (Å²) in [6.07, 6.45) is 0. The van der Waals surface area contributed by atoms with Gasteiger partial charge in [-0.25, -0.2) is 4.98 Å². The van der Waals surface area contributed by atoms with Gasteiger partial charge in [0.2, 0.25) is 11.8 Å². The molecule has 1 aromatic carbocycles. The lowest BCUT2D eigenvalue weighted by molar-refractivity contribution is -0.114. The number of amides is 2. The fourth-order valence-corrected chi connectivity index (χ4v) is 3.29. The van der Waals surface area contributed by atoms with Gasteiger partial charge in [-0.2, -0.15) is 0 Å². The van der Waals surface area contributed by atoms with Crippen molar-refractivity contribution in [1.82, 2.24) is 19.6 Å². The molecule has 0 bridgehead atoms. The number of aromatic nitrogens is 4. The van der Waals surface area contributed by atoms with Gasteiger partial charge in [-0.15, -0.1) is 10.2 Å². The summed E-state index contributed by atoms with van der Waals surface area (Å²) in [6, 6.07) is 8.82. The van der Waals surface area contributed by atoms with Gasteiger partial charge in [-0.1, -0.05) is 17.8 Å². The monoisotopic (exact) mass is 370 g/mol. The van der Waals surface area contributed by atoms with E-state index in [-0.39, 0.29) is 17.6 Å². The third-order valence-corrected chi connectivity index (χ3v) is 4.39. The van der Waals surface area contributed by atoms with E-state index in [2.05, 4.69) is 25.8 Å². The molecule has 0 atom stereocenters. The number of rotatable bonds is 5. The number of fused-ring (bicyclic) bond motifs is 1. The first-order valence-electron chi connectivity index (χ1n) is 7.92. The molecule has 0 aliphatic carbocycles. The Kier molecular flexibility index (Phi) is 5.17. The van der Waals surface area contributed by atoms with Crippen molar-refractivity contribution in [2.24, 2.45) is 0 Å². The van der Waals surface area contributed by atoms with E-state index < -0.39 is 0 Å². The molecule has 0 radical (unpaired) electrons. The van der Waals surface area contributed by atoms with Gasteiger partial charge >= 0.3 is 0 Å². The summed E-state index contributed by atoms with van der Waals surface area (Å²) in [5.74, 6) is 0.612. The molecule has 0 aliphatic heterocycles. The fraction of sp³-hybridized carbons (Fsp3) is 0.235. The van der Waals surface area contributed by atoms with Crippen LogP contribution in [0, 0.1) is 13.8 Å². The molecule has 0 fully saturated rings. The fourth-order valence-electron chi connectivity index (χ4n) is 2.50. The third-order valence-electron chi connectivity index (χ3n) is 3.46. The second-order valence-corrected chi connectivity index (χ2v) is 6.66. The number of carbonyl (C=O) groups excluding carboxylic acids is 2. The van der Waals surface area contributed by atoms with E-state index in [1.165, 1.54) is 18.7 Å². The van der Waals surface area contributed by atoms with E-state index in [1.807, 2.05) is 24.3 Å². The van der Waals surface area contributed by atoms with Gasteiger partial charge in [0.1, 0.15) is 5.82 Å². The maximum absolute atomic E-state index is 12.2. The van der Waals surface area contributed by atoms with Crippen LogP contribution in [0.1, 0.15) is 18.4 Å². The minimum Gasteiger partial charge on any atom is -0.326 e. The molecular formula is C17H18N6O2S. The lowest BCUT2D eigenvalue weighted by Crippen LogP contribution is -2.15. The van der Waals surface area contributed by atoms with Crippen LogP contribution in [0.25, 0.3) is 5.65 Å². The van der Waals surface area contributed by atoms with Crippen molar-refractivity contribution < 1.29 is 9.59 Å². The van der Waals surface area contributed by atoms with E-state index in [0.29, 0.717) is 22.2 Å². The Balaban J connectivity index is 1.66. The highest BCUT2D eigenvalue weighted by molar-refractivity contribution is 7.99. The average molecular weight is 370 g/mol. The van der Waals surface area contributed by atoms with Crippen molar-refractivity contribution in [3.8, 4) is 0 Å². The Morgan fingerprint density at radius 1 is 1.12 bits per heavy atom. The Hall–Kier alpha value is -2.94. The minimum absolute atomic E-state index is 0.165. The van der Waals surface area contributed by atoms with E-state index in [1.54, 1.807) is 24.3 Å². The molecule has 26 heavy (non-hydrogen) atoms. The van der Waals surface area contributed by atoms with Crippen molar-refractivity contribution >= 4 is 40.6 Å². The van der Waals surface area contributed by atoms with Crippen molar-refractivity contribution in [2.45, 2.75) is 25.9 Å². The second kappa shape index (κ2) is 7.52. The summed E-state index contributed by atoms with van der Waals surface area (Å²) >= 11 is 1.29. The quantitative estimate of drug-likeness (QED) is 0.669. The molecule has 0 saturated carbocycles. The first-order chi connectivity index (χ1) is 12.4. The zero-order valence-electron chi connectivity index (χ0n) is 14.6. The maximum atomic E-state index is 12.2. The van der Waals surface area contributed by atoms with E-state index in [0.717, 1.165) is 11.5 Å². The Labute approximate surface area is 154 Å². The highest BCUT2D eigenvalue weighted by Crippen LogP contribution is 2.20. The predicted octanol–water partition coefficient (Wildman–Crippen LogP) is 2.43. The number of nitrogens with zero attached hydrogens (tertiary/aromatic N) is 4. The number of benzene rings is 1. The summed E-state index contributed by atoms with van der Waals surface area (Å²) in [4.78, 5) is 27.7. The van der Waals surface area contributed by atoms with Crippen LogP contribution in [0.4, 0.5) is 11.4 Å². The standard InChI is InChI=1S/C17H18N6O2S/c1-10-7-15-21-22-17(23(15)11(2)18-10)26-9-16(25)20-14-6-4-5-13(8-14)19-12(3)24/h4-8H,9H2,1-3H3,(H,19,24)(H,20,25). The van der Waals surface area contributed by atoms with E-state index >= 15 is 0 Å². The minimum atomic E-state index is -0.176. The van der Waals surface area contributed by atoms with E-state index in [9.17, 15) is 9.59 Å². The number of hydrogen-bond donors (Lipinski definition) is 2. The summed E-state index contributed by atoms with van der Waals surface area (Å²) < 4.78 is 1.82. The van der Waals surface area contributed by atoms with Crippen LogP contribution in [0.15, 0.2) is 35.5 Å². The Morgan fingerprint density at radius 2 is 1.85 bits per heavy atom. The molecule has 0 aliphatic rings. The van der Waals surface area contributed by atoms with Gasteiger partial charge in [0.05, 0.1) is 5.75 Å². The lowest BCUT2D eigenvalue weighted by atomic mass is 10.2. The normalized spacial score (nSPS) is 10.7. The van der Waals surface area contributed by atoms with Gasteiger partial charge in [-0.05, 0) is 32.0 Å². The highest BCUT2D eigenvalue weighted by Gasteiger charge is 2.12. The highest BCUT2D eigenvalue weighted by atomic mass is 32.2. The first-order valence-corrected chi connectivity index (χ1v) is 8.90. The zero-order valence-corrected chi connectivity index (χ0v) is 15.4. The molecule has 2 amide bonds. The van der Waals surface area contributed by atoms with Crippen LogP contribution in [0.3, 0.4) is 0 Å².